The van der Waals surface area contributed by atoms with Gasteiger partial charge >= 0.3 is 0 Å². The Hall–Kier alpha value is -1.56. The van der Waals surface area contributed by atoms with Crippen molar-refractivity contribution in [3.63, 3.8) is 0 Å². The van der Waals surface area contributed by atoms with E-state index in [0.29, 0.717) is 21.8 Å². The molecular formula is C15H16ClNO3S. The van der Waals surface area contributed by atoms with E-state index in [1.165, 1.54) is 0 Å². The van der Waals surface area contributed by atoms with Crippen molar-refractivity contribution in [2.75, 3.05) is 4.72 Å². The maximum atomic E-state index is 12.2. The second-order valence-corrected chi connectivity index (χ2v) is 6.90. The molecule has 6 heteroatoms. The first-order chi connectivity index (χ1) is 9.91. The SMILES string of the molecule is Cc1cccc(Cl)c1NS(=O)(=O)Cc1cccc(CO)c1. The zero-order valence-electron chi connectivity index (χ0n) is 11.5. The van der Waals surface area contributed by atoms with E-state index in [1.54, 1.807) is 49.4 Å². The molecule has 21 heavy (non-hydrogen) atoms. The van der Waals surface area contributed by atoms with Crippen molar-refractivity contribution >= 4 is 27.3 Å². The Morgan fingerprint density at radius 1 is 1.14 bits per heavy atom. The highest BCUT2D eigenvalue weighted by molar-refractivity contribution is 7.91. The van der Waals surface area contributed by atoms with Crippen LogP contribution in [0.2, 0.25) is 5.02 Å². The molecule has 0 spiro atoms. The third-order valence-corrected chi connectivity index (χ3v) is 4.55. The lowest BCUT2D eigenvalue weighted by molar-refractivity contribution is 0.282. The van der Waals surface area contributed by atoms with E-state index in [-0.39, 0.29) is 12.4 Å². The van der Waals surface area contributed by atoms with E-state index in [9.17, 15) is 8.42 Å². The third kappa shape index (κ3) is 4.20. The largest absolute Gasteiger partial charge is 0.392 e. The number of aliphatic hydroxyl groups is 1. The number of aryl methyl sites for hydroxylation is 1. The summed E-state index contributed by atoms with van der Waals surface area (Å²) in [5, 5.41) is 9.45. The van der Waals surface area contributed by atoms with Gasteiger partial charge in [-0.2, -0.15) is 0 Å². The molecular weight excluding hydrogens is 310 g/mol. The van der Waals surface area contributed by atoms with Crippen molar-refractivity contribution in [2.24, 2.45) is 0 Å². The second kappa shape index (κ2) is 6.47. The van der Waals surface area contributed by atoms with Crippen molar-refractivity contribution in [3.05, 3.63) is 64.2 Å². The molecule has 0 aliphatic carbocycles. The first kappa shape index (κ1) is 15.8. The average Bonchev–Trinajstić information content (AvgIpc) is 2.43. The molecule has 0 saturated heterocycles. The fourth-order valence-corrected chi connectivity index (χ4v) is 3.59. The Kier molecular flexibility index (Phi) is 4.88. The fourth-order valence-electron chi connectivity index (χ4n) is 1.99. The molecule has 2 rings (SSSR count). The molecule has 2 N–H and O–H groups in total. The number of para-hydroxylation sites is 1. The van der Waals surface area contributed by atoms with Gasteiger partial charge in [-0.1, -0.05) is 48.0 Å². The lowest BCUT2D eigenvalue weighted by atomic mass is 10.1. The molecule has 0 saturated carbocycles. The van der Waals surface area contributed by atoms with Gasteiger partial charge in [-0.3, -0.25) is 4.72 Å². The molecule has 0 amide bonds. The standard InChI is InChI=1S/C15H16ClNO3S/c1-11-4-2-7-14(16)15(11)17-21(19,20)10-13-6-3-5-12(8-13)9-18/h2-8,17-18H,9-10H2,1H3. The van der Waals surface area contributed by atoms with Gasteiger partial charge in [-0.25, -0.2) is 8.42 Å². The summed E-state index contributed by atoms with van der Waals surface area (Å²) in [6.45, 7) is 1.67. The lowest BCUT2D eigenvalue weighted by Crippen LogP contribution is -2.16. The molecule has 0 radical (unpaired) electrons. The van der Waals surface area contributed by atoms with E-state index in [4.69, 9.17) is 16.7 Å². The number of hydrogen-bond donors (Lipinski definition) is 2. The van der Waals surface area contributed by atoms with Crippen LogP contribution in [0.5, 0.6) is 0 Å². The molecule has 0 aromatic heterocycles. The van der Waals surface area contributed by atoms with Gasteiger partial charge < -0.3 is 5.11 Å². The summed E-state index contributed by atoms with van der Waals surface area (Å²) in [5.41, 5.74) is 2.45. The van der Waals surface area contributed by atoms with Crippen LogP contribution in [0.3, 0.4) is 0 Å². The average molecular weight is 326 g/mol. The number of nitrogens with one attached hydrogen (secondary N) is 1. The van der Waals surface area contributed by atoms with Crippen molar-refractivity contribution in [1.82, 2.24) is 0 Å². The highest BCUT2D eigenvalue weighted by Crippen LogP contribution is 2.26. The molecule has 112 valence electrons. The number of sulfonamides is 1. The highest BCUT2D eigenvalue weighted by atomic mass is 35.5. The number of aliphatic hydroxyl groups excluding tert-OH is 1. The van der Waals surface area contributed by atoms with Crippen LogP contribution in [0, 0.1) is 6.92 Å². The summed E-state index contributed by atoms with van der Waals surface area (Å²) in [6.07, 6.45) is 0. The predicted molar refractivity (Wildman–Crippen MR) is 84.8 cm³/mol. The Morgan fingerprint density at radius 3 is 2.48 bits per heavy atom. The maximum absolute atomic E-state index is 12.2. The predicted octanol–water partition coefficient (Wildman–Crippen LogP) is 3.08. The van der Waals surface area contributed by atoms with E-state index in [0.717, 1.165) is 5.56 Å². The quantitative estimate of drug-likeness (QED) is 0.887. The molecule has 0 heterocycles. The van der Waals surface area contributed by atoms with Gasteiger partial charge in [0, 0.05) is 0 Å². The third-order valence-electron chi connectivity index (χ3n) is 3.01. The first-order valence-corrected chi connectivity index (χ1v) is 8.38. The van der Waals surface area contributed by atoms with Gasteiger partial charge in [0.15, 0.2) is 0 Å². The first-order valence-electron chi connectivity index (χ1n) is 6.35. The van der Waals surface area contributed by atoms with E-state index >= 15 is 0 Å². The van der Waals surface area contributed by atoms with Gasteiger partial charge in [-0.05, 0) is 29.7 Å². The maximum Gasteiger partial charge on any atom is 0.236 e. The summed E-state index contributed by atoms with van der Waals surface area (Å²) in [4.78, 5) is 0. The molecule has 0 aliphatic rings. The fraction of sp³-hybridized carbons (Fsp3) is 0.200. The van der Waals surface area contributed by atoms with E-state index in [2.05, 4.69) is 4.72 Å². The summed E-state index contributed by atoms with van der Waals surface area (Å²) in [6, 6.07) is 12.0. The summed E-state index contributed by atoms with van der Waals surface area (Å²) in [5.74, 6) is -0.175. The highest BCUT2D eigenvalue weighted by Gasteiger charge is 2.15. The zero-order chi connectivity index (χ0) is 15.5. The monoisotopic (exact) mass is 325 g/mol. The lowest BCUT2D eigenvalue weighted by Gasteiger charge is -2.12. The number of hydrogen-bond acceptors (Lipinski definition) is 3. The zero-order valence-corrected chi connectivity index (χ0v) is 13.1. The topological polar surface area (TPSA) is 66.4 Å². The number of rotatable bonds is 5. The van der Waals surface area contributed by atoms with Crippen LogP contribution in [-0.4, -0.2) is 13.5 Å². The Balaban J connectivity index is 2.23. The Labute approximate surface area is 129 Å². The molecule has 0 fully saturated rings. The molecule has 2 aromatic carbocycles. The number of halogens is 1. The normalized spacial score (nSPS) is 11.4. The van der Waals surface area contributed by atoms with Crippen LogP contribution in [0.1, 0.15) is 16.7 Å². The van der Waals surface area contributed by atoms with Crippen LogP contribution in [0.15, 0.2) is 42.5 Å². The minimum absolute atomic E-state index is 0.120. The molecule has 0 aliphatic heterocycles. The molecule has 0 unspecified atom stereocenters. The Bertz CT molecular complexity index is 724. The van der Waals surface area contributed by atoms with Crippen LogP contribution in [0.25, 0.3) is 0 Å². The number of benzene rings is 2. The molecule has 0 atom stereocenters. The minimum atomic E-state index is -3.57. The van der Waals surface area contributed by atoms with Crippen LogP contribution in [0.4, 0.5) is 5.69 Å². The van der Waals surface area contributed by atoms with E-state index < -0.39 is 10.0 Å². The molecule has 4 nitrogen and oxygen atoms in total. The summed E-state index contributed by atoms with van der Waals surface area (Å²) < 4.78 is 27.0. The molecule has 2 aromatic rings. The van der Waals surface area contributed by atoms with Gasteiger partial charge in [0.25, 0.3) is 0 Å². The summed E-state index contributed by atoms with van der Waals surface area (Å²) >= 11 is 6.03. The van der Waals surface area contributed by atoms with Gasteiger partial charge in [0.05, 0.1) is 23.1 Å². The van der Waals surface area contributed by atoms with Crippen molar-refractivity contribution in [1.29, 1.82) is 0 Å². The minimum Gasteiger partial charge on any atom is -0.392 e. The molecule has 0 bridgehead atoms. The van der Waals surface area contributed by atoms with Crippen molar-refractivity contribution < 1.29 is 13.5 Å². The number of anilines is 1. The summed E-state index contributed by atoms with van der Waals surface area (Å²) in [7, 11) is -3.57. The van der Waals surface area contributed by atoms with Crippen molar-refractivity contribution in [2.45, 2.75) is 19.3 Å². The Morgan fingerprint density at radius 2 is 1.81 bits per heavy atom. The van der Waals surface area contributed by atoms with Gasteiger partial charge in [0.2, 0.25) is 10.0 Å². The van der Waals surface area contributed by atoms with Crippen LogP contribution >= 0.6 is 11.6 Å². The van der Waals surface area contributed by atoms with Crippen LogP contribution in [-0.2, 0) is 22.4 Å². The van der Waals surface area contributed by atoms with Crippen LogP contribution < -0.4 is 4.72 Å². The van der Waals surface area contributed by atoms with E-state index in [1.807, 2.05) is 0 Å². The second-order valence-electron chi connectivity index (χ2n) is 4.77. The van der Waals surface area contributed by atoms with Gasteiger partial charge in [-0.15, -0.1) is 0 Å². The van der Waals surface area contributed by atoms with Crippen molar-refractivity contribution in [3.8, 4) is 0 Å². The smallest absolute Gasteiger partial charge is 0.236 e. The van der Waals surface area contributed by atoms with Gasteiger partial charge in [0.1, 0.15) is 0 Å².